The highest BCUT2D eigenvalue weighted by molar-refractivity contribution is 5.75. The largest absolute Gasteiger partial charge is 0.354 e. The van der Waals surface area contributed by atoms with E-state index in [0.29, 0.717) is 12.6 Å². The molecule has 88 valence electrons. The maximum atomic E-state index is 11.4. The van der Waals surface area contributed by atoms with Crippen molar-refractivity contribution in [3.8, 4) is 0 Å². The Labute approximate surface area is 93.6 Å². The third-order valence-corrected chi connectivity index (χ3v) is 2.67. The number of rotatable bonds is 5. The first-order valence-electron chi connectivity index (χ1n) is 5.55. The standard InChI is InChI=1S/C9H16N6O/c16-9(6-15-7-12-13-14-15)11-5-3-8-2-1-4-10-8/h7-8,10H,1-6H2,(H,11,16)/t8-/m1/s1. The van der Waals surface area contributed by atoms with E-state index in [1.54, 1.807) is 0 Å². The molecule has 7 heteroatoms. The fraction of sp³-hybridized carbons (Fsp3) is 0.778. The zero-order valence-electron chi connectivity index (χ0n) is 9.09. The lowest BCUT2D eigenvalue weighted by Gasteiger charge is -2.10. The molecule has 0 aliphatic carbocycles. The van der Waals surface area contributed by atoms with E-state index < -0.39 is 0 Å². The van der Waals surface area contributed by atoms with Crippen molar-refractivity contribution in [2.24, 2.45) is 0 Å². The van der Waals surface area contributed by atoms with E-state index >= 15 is 0 Å². The van der Waals surface area contributed by atoms with Crippen LogP contribution in [-0.4, -0.2) is 45.2 Å². The topological polar surface area (TPSA) is 84.7 Å². The van der Waals surface area contributed by atoms with Crippen LogP contribution in [0.1, 0.15) is 19.3 Å². The van der Waals surface area contributed by atoms with Crippen molar-refractivity contribution in [1.29, 1.82) is 0 Å². The van der Waals surface area contributed by atoms with Gasteiger partial charge in [0.25, 0.3) is 0 Å². The molecule has 2 N–H and O–H groups in total. The summed E-state index contributed by atoms with van der Waals surface area (Å²) in [6, 6.07) is 0.563. The first-order chi connectivity index (χ1) is 7.84. The molecule has 16 heavy (non-hydrogen) atoms. The zero-order valence-corrected chi connectivity index (χ0v) is 9.09. The molecule has 0 radical (unpaired) electrons. The molecular formula is C9H16N6O. The summed E-state index contributed by atoms with van der Waals surface area (Å²) < 4.78 is 1.41. The van der Waals surface area contributed by atoms with Crippen molar-refractivity contribution in [3.05, 3.63) is 6.33 Å². The Morgan fingerprint density at radius 1 is 1.62 bits per heavy atom. The molecular weight excluding hydrogens is 208 g/mol. The third kappa shape index (κ3) is 3.27. The maximum Gasteiger partial charge on any atom is 0.241 e. The monoisotopic (exact) mass is 224 g/mol. The number of hydrogen-bond acceptors (Lipinski definition) is 5. The highest BCUT2D eigenvalue weighted by Crippen LogP contribution is 2.07. The van der Waals surface area contributed by atoms with Crippen LogP contribution >= 0.6 is 0 Å². The van der Waals surface area contributed by atoms with E-state index in [9.17, 15) is 4.79 Å². The van der Waals surface area contributed by atoms with E-state index in [2.05, 4.69) is 26.2 Å². The second-order valence-electron chi connectivity index (χ2n) is 3.94. The summed E-state index contributed by atoms with van der Waals surface area (Å²) in [7, 11) is 0. The second-order valence-corrected chi connectivity index (χ2v) is 3.94. The van der Waals surface area contributed by atoms with Gasteiger partial charge >= 0.3 is 0 Å². The molecule has 0 unspecified atom stereocenters. The summed E-state index contributed by atoms with van der Waals surface area (Å²) >= 11 is 0. The number of aromatic nitrogens is 4. The predicted octanol–water partition coefficient (Wildman–Crippen LogP) is -1.07. The highest BCUT2D eigenvalue weighted by atomic mass is 16.2. The fourth-order valence-corrected chi connectivity index (χ4v) is 1.84. The summed E-state index contributed by atoms with van der Waals surface area (Å²) in [4.78, 5) is 11.4. The summed E-state index contributed by atoms with van der Waals surface area (Å²) in [5.41, 5.74) is 0. The van der Waals surface area contributed by atoms with E-state index in [-0.39, 0.29) is 12.5 Å². The summed E-state index contributed by atoms with van der Waals surface area (Å²) in [5, 5.41) is 16.8. The summed E-state index contributed by atoms with van der Waals surface area (Å²) in [5.74, 6) is -0.0507. The zero-order chi connectivity index (χ0) is 11.2. The van der Waals surface area contributed by atoms with Crippen molar-refractivity contribution in [2.75, 3.05) is 13.1 Å². The fourth-order valence-electron chi connectivity index (χ4n) is 1.84. The van der Waals surface area contributed by atoms with Crippen LogP contribution in [0.5, 0.6) is 0 Å². The predicted molar refractivity (Wildman–Crippen MR) is 56.5 cm³/mol. The van der Waals surface area contributed by atoms with Crippen LogP contribution < -0.4 is 10.6 Å². The number of carbonyl (C=O) groups excluding carboxylic acids is 1. The average molecular weight is 224 g/mol. The smallest absolute Gasteiger partial charge is 0.241 e. The minimum Gasteiger partial charge on any atom is -0.354 e. The van der Waals surface area contributed by atoms with Gasteiger partial charge in [0.05, 0.1) is 0 Å². The van der Waals surface area contributed by atoms with Crippen LogP contribution in [0.3, 0.4) is 0 Å². The van der Waals surface area contributed by atoms with Gasteiger partial charge in [0.1, 0.15) is 12.9 Å². The van der Waals surface area contributed by atoms with Crippen LogP contribution in [0.25, 0.3) is 0 Å². The molecule has 1 saturated heterocycles. The van der Waals surface area contributed by atoms with Gasteiger partial charge in [-0.15, -0.1) is 5.10 Å². The van der Waals surface area contributed by atoms with E-state index in [4.69, 9.17) is 0 Å². The minimum absolute atomic E-state index is 0.0507. The molecule has 1 aliphatic heterocycles. The number of amides is 1. The molecule has 1 aromatic rings. The molecule has 1 fully saturated rings. The number of nitrogens with one attached hydrogen (secondary N) is 2. The lowest BCUT2D eigenvalue weighted by atomic mass is 10.1. The van der Waals surface area contributed by atoms with Crippen molar-refractivity contribution in [3.63, 3.8) is 0 Å². The molecule has 2 rings (SSSR count). The number of hydrogen-bond donors (Lipinski definition) is 2. The van der Waals surface area contributed by atoms with Crippen LogP contribution in [0.2, 0.25) is 0 Å². The van der Waals surface area contributed by atoms with E-state index in [0.717, 1.165) is 13.0 Å². The number of tetrazole rings is 1. The van der Waals surface area contributed by atoms with Gasteiger partial charge in [0.2, 0.25) is 5.91 Å². The Balaban J connectivity index is 1.60. The number of carbonyl (C=O) groups is 1. The Kier molecular flexibility index (Phi) is 3.81. The molecule has 0 saturated carbocycles. The van der Waals surface area contributed by atoms with Crippen molar-refractivity contribution >= 4 is 5.91 Å². The van der Waals surface area contributed by atoms with Gasteiger partial charge in [-0.05, 0) is 36.2 Å². The molecule has 1 atom stereocenters. The molecule has 0 bridgehead atoms. The lowest BCUT2D eigenvalue weighted by molar-refractivity contribution is -0.121. The minimum atomic E-state index is -0.0507. The summed E-state index contributed by atoms with van der Waals surface area (Å²) in [6.07, 6.45) is 4.87. The molecule has 7 nitrogen and oxygen atoms in total. The molecule has 2 heterocycles. The van der Waals surface area contributed by atoms with Crippen LogP contribution in [0, 0.1) is 0 Å². The van der Waals surface area contributed by atoms with E-state index in [1.165, 1.54) is 23.9 Å². The molecule has 1 aliphatic rings. The Morgan fingerprint density at radius 2 is 2.56 bits per heavy atom. The molecule has 1 amide bonds. The second kappa shape index (κ2) is 5.55. The van der Waals surface area contributed by atoms with Crippen molar-refractivity contribution in [2.45, 2.75) is 31.8 Å². The first kappa shape index (κ1) is 11.0. The maximum absolute atomic E-state index is 11.4. The van der Waals surface area contributed by atoms with Gasteiger partial charge in [-0.3, -0.25) is 4.79 Å². The third-order valence-electron chi connectivity index (χ3n) is 2.67. The van der Waals surface area contributed by atoms with Crippen LogP contribution in [0.15, 0.2) is 6.33 Å². The van der Waals surface area contributed by atoms with Gasteiger partial charge in [0.15, 0.2) is 0 Å². The lowest BCUT2D eigenvalue weighted by Crippen LogP contribution is -2.32. The van der Waals surface area contributed by atoms with Gasteiger partial charge in [-0.2, -0.15) is 0 Å². The highest BCUT2D eigenvalue weighted by Gasteiger charge is 2.13. The Bertz CT molecular complexity index is 319. The molecule has 1 aromatic heterocycles. The van der Waals surface area contributed by atoms with Crippen molar-refractivity contribution in [1.82, 2.24) is 30.8 Å². The average Bonchev–Trinajstić information content (AvgIpc) is 2.90. The van der Waals surface area contributed by atoms with Crippen molar-refractivity contribution < 1.29 is 4.79 Å². The van der Waals surface area contributed by atoms with Gasteiger partial charge in [-0.25, -0.2) is 4.68 Å². The summed E-state index contributed by atoms with van der Waals surface area (Å²) in [6.45, 7) is 1.99. The Morgan fingerprint density at radius 3 is 3.25 bits per heavy atom. The molecule has 0 spiro atoms. The quantitative estimate of drug-likeness (QED) is 0.665. The van der Waals surface area contributed by atoms with Crippen LogP contribution in [-0.2, 0) is 11.3 Å². The van der Waals surface area contributed by atoms with Crippen LogP contribution in [0.4, 0.5) is 0 Å². The number of nitrogens with zero attached hydrogens (tertiary/aromatic N) is 4. The molecule has 0 aromatic carbocycles. The van der Waals surface area contributed by atoms with E-state index in [1.807, 2.05) is 0 Å². The normalized spacial score (nSPS) is 19.9. The SMILES string of the molecule is O=C(Cn1cnnn1)NCC[C@H]1CCCN1. The van der Waals surface area contributed by atoms with Gasteiger partial charge in [-0.1, -0.05) is 0 Å². The first-order valence-corrected chi connectivity index (χ1v) is 5.55. The van der Waals surface area contributed by atoms with Gasteiger partial charge in [0, 0.05) is 12.6 Å². The van der Waals surface area contributed by atoms with Gasteiger partial charge < -0.3 is 10.6 Å². The Hall–Kier alpha value is -1.50.